The topological polar surface area (TPSA) is 160 Å². The number of anilines is 1. The fourth-order valence-corrected chi connectivity index (χ4v) is 12.9. The Labute approximate surface area is 388 Å². The van der Waals surface area contributed by atoms with Crippen molar-refractivity contribution in [3.8, 4) is 16.8 Å². The van der Waals surface area contributed by atoms with Crippen molar-refractivity contribution in [3.63, 3.8) is 0 Å². The molecule has 2 aliphatic carbocycles. The zero-order valence-corrected chi connectivity index (χ0v) is 39.4. The zero-order valence-electron chi connectivity index (χ0n) is 37.9. The Hall–Kier alpha value is -5.91. The lowest BCUT2D eigenvalue weighted by atomic mass is 9.49. The van der Waals surface area contributed by atoms with Crippen LogP contribution < -0.4 is 15.0 Å². The molecule has 0 radical (unpaired) electrons. The van der Waals surface area contributed by atoms with Crippen molar-refractivity contribution in [2.75, 3.05) is 18.0 Å². The van der Waals surface area contributed by atoms with Crippen molar-refractivity contribution >= 4 is 40.5 Å². The zero-order chi connectivity index (χ0) is 45.4. The van der Waals surface area contributed by atoms with E-state index in [0.29, 0.717) is 46.1 Å². The third kappa shape index (κ3) is 7.50. The van der Waals surface area contributed by atoms with Gasteiger partial charge in [0.25, 0.3) is 5.91 Å². The molecule has 1 saturated heterocycles. The number of rotatable bonds is 9. The fourth-order valence-electron chi connectivity index (χ4n) is 11.4. The Kier molecular flexibility index (Phi) is 10.7. The molecule has 6 heterocycles. The molecule has 2 saturated carbocycles. The SMILES string of the molecule is Cc1sc2c(c1C)C(c1ccc(C3CCC4(CC3)CCN(c3ncc(C(=O)NC5C(C)(C)C(Oc6ccc(C#N)c(Cl)c6)C5(C)C)cn3)C4)cc1)=N[C@@H](Cc1ncco1)c1nnc(C)n1-2. The fraction of sp³-hybridized carbons (Fsp3) is 0.440. The third-order valence-corrected chi connectivity index (χ3v) is 16.3. The molecule has 4 aliphatic rings. The summed E-state index contributed by atoms with van der Waals surface area (Å²) in [6.45, 7) is 16.5. The van der Waals surface area contributed by atoms with Gasteiger partial charge in [0, 0.05) is 64.4 Å². The molecule has 1 N–H and O–H groups in total. The van der Waals surface area contributed by atoms with Gasteiger partial charge in [0.05, 0.1) is 34.5 Å². The molecule has 13 nitrogen and oxygen atoms in total. The molecule has 1 atom stereocenters. The van der Waals surface area contributed by atoms with Crippen LogP contribution in [0.25, 0.3) is 5.00 Å². The Morgan fingerprint density at radius 1 is 1.00 bits per heavy atom. The first-order valence-corrected chi connectivity index (χ1v) is 23.7. The van der Waals surface area contributed by atoms with E-state index in [9.17, 15) is 10.1 Å². The maximum absolute atomic E-state index is 13.6. The number of nitrogens with zero attached hydrogens (tertiary/aromatic N) is 9. The molecule has 65 heavy (non-hydrogen) atoms. The lowest BCUT2D eigenvalue weighted by molar-refractivity contribution is -0.164. The largest absolute Gasteiger partial charge is 0.489 e. The van der Waals surface area contributed by atoms with Crippen molar-refractivity contribution in [3.05, 3.63) is 128 Å². The number of oxazole rings is 1. The minimum Gasteiger partial charge on any atom is -0.489 e. The van der Waals surface area contributed by atoms with E-state index in [1.54, 1.807) is 54.4 Å². The van der Waals surface area contributed by atoms with Crippen molar-refractivity contribution in [2.45, 2.75) is 111 Å². The number of benzene rings is 2. The van der Waals surface area contributed by atoms with E-state index in [1.165, 1.54) is 16.0 Å². The van der Waals surface area contributed by atoms with Crippen LogP contribution in [-0.2, 0) is 6.42 Å². The maximum Gasteiger partial charge on any atom is 0.254 e. The Morgan fingerprint density at radius 3 is 2.42 bits per heavy atom. The molecule has 4 aromatic heterocycles. The number of aromatic nitrogens is 6. The van der Waals surface area contributed by atoms with E-state index >= 15 is 0 Å². The van der Waals surface area contributed by atoms with Crippen LogP contribution in [0.2, 0.25) is 5.02 Å². The summed E-state index contributed by atoms with van der Waals surface area (Å²) >= 11 is 8.05. The van der Waals surface area contributed by atoms with Gasteiger partial charge in [-0.1, -0.05) is 63.6 Å². The first kappa shape index (κ1) is 43.0. The minimum absolute atomic E-state index is 0.162. The Morgan fingerprint density at radius 2 is 1.74 bits per heavy atom. The number of thiophene rings is 1. The maximum atomic E-state index is 13.6. The molecule has 15 heteroatoms. The summed E-state index contributed by atoms with van der Waals surface area (Å²) in [5, 5.41) is 23.1. The number of ether oxygens (including phenoxy) is 1. The van der Waals surface area contributed by atoms with Gasteiger partial charge in [-0.25, -0.2) is 15.0 Å². The van der Waals surface area contributed by atoms with Crippen molar-refractivity contribution in [2.24, 2.45) is 21.2 Å². The molecular formula is C50H53ClN10O3S. The van der Waals surface area contributed by atoms with Gasteiger partial charge in [0.2, 0.25) is 5.95 Å². The highest BCUT2D eigenvalue weighted by Gasteiger charge is 2.64. The van der Waals surface area contributed by atoms with Gasteiger partial charge in [0.15, 0.2) is 11.7 Å². The molecule has 2 aliphatic heterocycles. The molecule has 0 bridgehead atoms. The van der Waals surface area contributed by atoms with E-state index < -0.39 is 0 Å². The second kappa shape index (κ2) is 16.2. The van der Waals surface area contributed by atoms with E-state index in [0.717, 1.165) is 78.7 Å². The molecule has 10 rings (SSSR count). The summed E-state index contributed by atoms with van der Waals surface area (Å²) in [7, 11) is 0. The number of amides is 1. The van der Waals surface area contributed by atoms with Gasteiger partial charge >= 0.3 is 0 Å². The van der Waals surface area contributed by atoms with Gasteiger partial charge in [-0.15, -0.1) is 21.5 Å². The molecule has 1 spiro atoms. The average molecular weight is 910 g/mol. The average Bonchev–Trinajstić information content (AvgIpc) is 4.10. The van der Waals surface area contributed by atoms with Crippen molar-refractivity contribution in [1.82, 2.24) is 35.0 Å². The van der Waals surface area contributed by atoms with Crippen LogP contribution in [0.3, 0.4) is 0 Å². The highest BCUT2D eigenvalue weighted by molar-refractivity contribution is 7.15. The predicted octanol–water partition coefficient (Wildman–Crippen LogP) is 9.86. The second-order valence-corrected chi connectivity index (χ2v) is 21.3. The highest BCUT2D eigenvalue weighted by atomic mass is 35.5. The second-order valence-electron chi connectivity index (χ2n) is 19.7. The van der Waals surface area contributed by atoms with Gasteiger partial charge in [0.1, 0.15) is 41.1 Å². The number of halogens is 1. The van der Waals surface area contributed by atoms with Crippen molar-refractivity contribution in [1.29, 1.82) is 5.26 Å². The number of aliphatic imine (C=N–C) groups is 1. The molecular weight excluding hydrogens is 856 g/mol. The lowest BCUT2D eigenvalue weighted by Crippen LogP contribution is -2.74. The quantitative estimate of drug-likeness (QED) is 0.148. The summed E-state index contributed by atoms with van der Waals surface area (Å²) in [6, 6.07) is 15.9. The van der Waals surface area contributed by atoms with Gasteiger partial charge in [-0.05, 0) is 87.5 Å². The summed E-state index contributed by atoms with van der Waals surface area (Å²) in [5.74, 6) is 3.82. The molecule has 0 unspecified atom stereocenters. The number of fused-ring (bicyclic) bond motifs is 3. The molecule has 334 valence electrons. The minimum atomic E-state index is -0.378. The summed E-state index contributed by atoms with van der Waals surface area (Å²) < 4.78 is 14.3. The predicted molar refractivity (Wildman–Crippen MR) is 250 cm³/mol. The van der Waals surface area contributed by atoms with Crippen LogP contribution >= 0.6 is 22.9 Å². The highest BCUT2D eigenvalue weighted by Crippen LogP contribution is 2.56. The van der Waals surface area contributed by atoms with Gasteiger partial charge in [-0.2, -0.15) is 5.26 Å². The van der Waals surface area contributed by atoms with Crippen LogP contribution in [0.4, 0.5) is 5.95 Å². The number of carbonyl (C=O) groups is 1. The number of hydrogen-bond donors (Lipinski definition) is 1. The number of aryl methyl sites for hydroxylation is 2. The molecule has 3 fully saturated rings. The smallest absolute Gasteiger partial charge is 0.254 e. The van der Waals surface area contributed by atoms with Gasteiger partial charge < -0.3 is 19.4 Å². The van der Waals surface area contributed by atoms with Crippen LogP contribution in [0.1, 0.15) is 132 Å². The standard InChI is InChI=1S/C50H53ClN10O3S/c1-28-29(2)65-44-40(28)41(56-38(23-39-53-19-21-63-39)42-59-58-30(3)61(42)44)33-10-8-31(9-11-33)32-14-16-50(17-15-32)18-20-60(27-50)47-54-25-35(26-55-47)43(62)57-45-48(4,5)46(49(45,6)7)64-36-13-12-34(24-52)37(51)22-36/h8-13,19,21-22,25-26,32,38,45-46H,14-18,20,23,27H2,1-7H3,(H,57,62)/t32?,38-,45?,46?,50?/m0/s1. The van der Waals surface area contributed by atoms with E-state index in [-0.39, 0.29) is 40.3 Å². The van der Waals surface area contributed by atoms with E-state index in [2.05, 4.69) is 102 Å². The summed E-state index contributed by atoms with van der Waals surface area (Å²) in [6.07, 6.45) is 12.5. The normalized spacial score (nSPS) is 21.7. The Bertz CT molecular complexity index is 2830. The number of carbonyl (C=O) groups excluding carboxylic acids is 1. The van der Waals surface area contributed by atoms with Gasteiger partial charge in [-0.3, -0.25) is 14.4 Å². The molecule has 6 aromatic rings. The van der Waals surface area contributed by atoms with Crippen molar-refractivity contribution < 1.29 is 13.9 Å². The summed E-state index contributed by atoms with van der Waals surface area (Å²) in [5.41, 5.74) is 6.11. The first-order valence-electron chi connectivity index (χ1n) is 22.5. The summed E-state index contributed by atoms with van der Waals surface area (Å²) in [4.78, 5) is 36.4. The number of nitrogens with one attached hydrogen (secondary N) is 1. The first-order chi connectivity index (χ1) is 31.2. The van der Waals surface area contributed by atoms with E-state index in [4.69, 9.17) is 35.7 Å². The van der Waals surface area contributed by atoms with Crippen LogP contribution in [0.15, 0.2) is 76.7 Å². The van der Waals surface area contributed by atoms with E-state index in [1.807, 2.05) is 6.92 Å². The van der Waals surface area contributed by atoms with Crippen LogP contribution in [-0.4, -0.2) is 66.6 Å². The van der Waals surface area contributed by atoms with Crippen LogP contribution in [0, 0.1) is 48.3 Å². The number of nitriles is 1. The third-order valence-electron chi connectivity index (χ3n) is 14.8. The molecule has 2 aromatic carbocycles. The number of hydrogen-bond acceptors (Lipinski definition) is 12. The Balaban J connectivity index is 0.773. The monoisotopic (exact) mass is 908 g/mol. The van der Waals surface area contributed by atoms with Crippen LogP contribution in [0.5, 0.6) is 5.75 Å². The lowest BCUT2D eigenvalue weighted by Gasteiger charge is -2.63. The molecule has 1 amide bonds.